The minimum Gasteiger partial charge on any atom is -0.394 e. The van der Waals surface area contributed by atoms with Gasteiger partial charge in [-0.05, 0) is 27.2 Å². The average molecular weight is 277 g/mol. The van der Waals surface area contributed by atoms with Crippen LogP contribution < -0.4 is 0 Å². The first-order chi connectivity index (χ1) is 8.69. The molecule has 0 aromatic heterocycles. The molecule has 0 amide bonds. The fourth-order valence-corrected chi connectivity index (χ4v) is 3.02. The van der Waals surface area contributed by atoms with Crippen molar-refractivity contribution in [2.75, 3.05) is 26.3 Å². The molecule has 0 aromatic carbocycles. The fraction of sp³-hybridized carbons (Fsp3) is 0.923. The molecule has 3 fully saturated rings. The van der Waals surface area contributed by atoms with Crippen molar-refractivity contribution in [2.45, 2.75) is 44.8 Å². The van der Waals surface area contributed by atoms with E-state index in [4.69, 9.17) is 4.74 Å². The third-order valence-corrected chi connectivity index (χ3v) is 4.52. The molecule has 0 radical (unpaired) electrons. The molecule has 3 rings (SSSR count). The quantitative estimate of drug-likeness (QED) is 0.835. The number of aliphatic hydroxyl groups excluding tert-OH is 1. The van der Waals surface area contributed by atoms with Crippen molar-refractivity contribution < 1.29 is 23.4 Å². The smallest absolute Gasteiger partial charge is 0.272 e. The Kier molecular flexibility index (Phi) is 3.48. The van der Waals surface area contributed by atoms with E-state index in [0.717, 1.165) is 0 Å². The van der Waals surface area contributed by atoms with Crippen LogP contribution in [0.15, 0.2) is 0 Å². The van der Waals surface area contributed by atoms with Crippen LogP contribution in [0.25, 0.3) is 0 Å². The monoisotopic (exact) mass is 277 g/mol. The second-order valence-electron chi connectivity index (χ2n) is 6.09. The number of alkyl halides is 2. The Morgan fingerprint density at radius 1 is 1.47 bits per heavy atom. The largest absolute Gasteiger partial charge is 0.394 e. The lowest BCUT2D eigenvalue weighted by atomic mass is 9.62. The van der Waals surface area contributed by atoms with Crippen LogP contribution in [0.5, 0.6) is 0 Å². The Labute approximate surface area is 111 Å². The maximum Gasteiger partial charge on any atom is 0.272 e. The lowest BCUT2D eigenvalue weighted by Gasteiger charge is -2.59. The van der Waals surface area contributed by atoms with Crippen LogP contribution in [0.3, 0.4) is 0 Å². The number of fused-ring (bicyclic) bond motifs is 3. The van der Waals surface area contributed by atoms with E-state index in [9.17, 15) is 18.7 Å². The molecule has 3 saturated heterocycles. The van der Waals surface area contributed by atoms with E-state index in [-0.39, 0.29) is 19.1 Å². The first-order valence-corrected chi connectivity index (χ1v) is 6.60. The van der Waals surface area contributed by atoms with Crippen molar-refractivity contribution in [1.29, 1.82) is 0 Å². The molecular weight excluding hydrogens is 256 g/mol. The zero-order valence-corrected chi connectivity index (χ0v) is 11.6. The Hall–Kier alpha value is -0.590. The molecule has 0 aromatic rings. The predicted molar refractivity (Wildman–Crippen MR) is 65.2 cm³/mol. The van der Waals surface area contributed by atoms with Gasteiger partial charge in [-0.2, -0.15) is 0 Å². The molecule has 3 atom stereocenters. The molecule has 2 bridgehead atoms. The molecule has 4 nitrogen and oxygen atoms in total. The van der Waals surface area contributed by atoms with E-state index in [1.807, 2.05) is 13.8 Å². The van der Waals surface area contributed by atoms with Gasteiger partial charge < -0.3 is 9.84 Å². The number of nitrogens with zero attached hydrogens (tertiary/aromatic N) is 1. The van der Waals surface area contributed by atoms with E-state index >= 15 is 0 Å². The summed E-state index contributed by atoms with van der Waals surface area (Å²) in [6.07, 6.45) is 0.00798. The van der Waals surface area contributed by atoms with Crippen LogP contribution in [-0.2, 0) is 9.53 Å². The van der Waals surface area contributed by atoms with Gasteiger partial charge in [-0.25, -0.2) is 8.78 Å². The van der Waals surface area contributed by atoms with Crippen LogP contribution in [0.4, 0.5) is 8.78 Å². The van der Waals surface area contributed by atoms with Crippen molar-refractivity contribution in [3.63, 3.8) is 0 Å². The molecular formula is C13H21F2NO3. The lowest BCUT2D eigenvalue weighted by molar-refractivity contribution is -0.233. The summed E-state index contributed by atoms with van der Waals surface area (Å²) in [5.41, 5.74) is -3.00. The van der Waals surface area contributed by atoms with Crippen molar-refractivity contribution >= 4 is 5.78 Å². The molecule has 19 heavy (non-hydrogen) atoms. The van der Waals surface area contributed by atoms with Gasteiger partial charge in [0.25, 0.3) is 5.92 Å². The topological polar surface area (TPSA) is 49.8 Å². The average Bonchev–Trinajstić information content (AvgIpc) is 2.32. The molecule has 3 aliphatic rings. The van der Waals surface area contributed by atoms with Crippen LogP contribution in [-0.4, -0.2) is 59.7 Å². The van der Waals surface area contributed by atoms with Gasteiger partial charge in [0.1, 0.15) is 5.54 Å². The summed E-state index contributed by atoms with van der Waals surface area (Å²) in [5.74, 6) is -3.63. The number of ketones is 1. The molecule has 3 heterocycles. The van der Waals surface area contributed by atoms with Crippen molar-refractivity contribution in [2.24, 2.45) is 5.41 Å². The number of hydrogen-bond acceptors (Lipinski definition) is 4. The van der Waals surface area contributed by atoms with Crippen molar-refractivity contribution in [3.05, 3.63) is 0 Å². The summed E-state index contributed by atoms with van der Waals surface area (Å²) in [6.45, 7) is 4.31. The minimum atomic E-state index is -3.04. The van der Waals surface area contributed by atoms with Gasteiger partial charge >= 0.3 is 0 Å². The molecule has 6 heteroatoms. The van der Waals surface area contributed by atoms with E-state index < -0.39 is 35.8 Å². The van der Waals surface area contributed by atoms with E-state index in [0.29, 0.717) is 6.54 Å². The Bertz CT molecular complexity index is 388. The molecule has 0 aliphatic carbocycles. The fourth-order valence-electron chi connectivity index (χ4n) is 3.02. The number of hydrogen-bond donors (Lipinski definition) is 1. The first-order valence-electron chi connectivity index (χ1n) is 6.60. The highest BCUT2D eigenvalue weighted by molar-refractivity contribution is 5.96. The minimum absolute atomic E-state index is 0.0360. The van der Waals surface area contributed by atoms with Gasteiger partial charge in [-0.15, -0.1) is 0 Å². The van der Waals surface area contributed by atoms with Crippen LogP contribution in [0.2, 0.25) is 0 Å². The highest BCUT2D eigenvalue weighted by Gasteiger charge is 2.70. The van der Waals surface area contributed by atoms with Crippen molar-refractivity contribution in [1.82, 2.24) is 4.90 Å². The van der Waals surface area contributed by atoms with Gasteiger partial charge in [-0.1, -0.05) is 0 Å². The molecule has 0 saturated carbocycles. The standard InChI is InChI=1S/C13H21F2NO3/c1-9(2)19-8-12(7-17)10(18)11(3)4-5-16(12)6-13(11,14)15/h9,17H,4-8H2,1-3H3. The Morgan fingerprint density at radius 3 is 2.58 bits per heavy atom. The zero-order valence-electron chi connectivity index (χ0n) is 11.6. The first kappa shape index (κ1) is 14.8. The maximum absolute atomic E-state index is 14.0. The van der Waals surface area contributed by atoms with E-state index in [1.165, 1.54) is 11.8 Å². The summed E-state index contributed by atoms with van der Waals surface area (Å²) in [5, 5.41) is 9.64. The number of carbonyl (C=O) groups excluding carboxylic acids is 1. The number of carbonyl (C=O) groups is 1. The normalized spacial score (nSPS) is 41.0. The predicted octanol–water partition coefficient (Wildman–Crippen LogP) is 1.07. The second-order valence-corrected chi connectivity index (χ2v) is 6.09. The number of piperidine rings is 3. The van der Waals surface area contributed by atoms with Crippen LogP contribution in [0.1, 0.15) is 27.2 Å². The van der Waals surface area contributed by atoms with Gasteiger partial charge in [0.05, 0.1) is 31.3 Å². The number of halogens is 2. The highest BCUT2D eigenvalue weighted by atomic mass is 19.3. The summed E-state index contributed by atoms with van der Waals surface area (Å²) in [7, 11) is 0. The third-order valence-electron chi connectivity index (χ3n) is 4.52. The summed E-state index contributed by atoms with van der Waals surface area (Å²) >= 11 is 0. The zero-order chi connectivity index (χ0) is 14.5. The number of ether oxygens (including phenoxy) is 1. The number of rotatable bonds is 4. The SMILES string of the molecule is CC(C)OCC1(CO)C(=O)C2(C)CCN1CC2(F)F. The lowest BCUT2D eigenvalue weighted by Crippen LogP contribution is -2.78. The molecule has 1 N–H and O–H groups in total. The Balaban J connectivity index is 2.34. The van der Waals surface area contributed by atoms with Gasteiger partial charge in [0.2, 0.25) is 0 Å². The van der Waals surface area contributed by atoms with Crippen LogP contribution >= 0.6 is 0 Å². The Morgan fingerprint density at radius 2 is 2.11 bits per heavy atom. The number of aliphatic hydroxyl groups is 1. The van der Waals surface area contributed by atoms with Gasteiger partial charge in [0, 0.05) is 6.54 Å². The third kappa shape index (κ3) is 1.92. The summed E-state index contributed by atoms with van der Waals surface area (Å²) in [6, 6.07) is 0. The molecule has 0 spiro atoms. The van der Waals surface area contributed by atoms with Gasteiger partial charge in [0.15, 0.2) is 5.78 Å². The van der Waals surface area contributed by atoms with Gasteiger partial charge in [-0.3, -0.25) is 9.69 Å². The number of Topliss-reactive ketones (excluding diaryl/α,β-unsaturated/α-hetero) is 1. The maximum atomic E-state index is 14.0. The van der Waals surface area contributed by atoms with E-state index in [2.05, 4.69) is 0 Å². The molecule has 3 unspecified atom stereocenters. The second kappa shape index (κ2) is 4.46. The van der Waals surface area contributed by atoms with Crippen molar-refractivity contribution in [3.8, 4) is 0 Å². The van der Waals surface area contributed by atoms with Crippen LogP contribution in [0, 0.1) is 5.41 Å². The summed E-state index contributed by atoms with van der Waals surface area (Å²) in [4.78, 5) is 13.9. The van der Waals surface area contributed by atoms with E-state index in [1.54, 1.807) is 0 Å². The highest BCUT2D eigenvalue weighted by Crippen LogP contribution is 2.53. The molecule has 110 valence electrons. The molecule has 3 aliphatic heterocycles. The summed E-state index contributed by atoms with van der Waals surface area (Å²) < 4.78 is 33.5.